The largest absolute Gasteiger partial charge is 0.462 e. The van der Waals surface area contributed by atoms with Gasteiger partial charge in [-0.3, -0.25) is 9.59 Å². The molecule has 5 heteroatoms. The second-order valence-electron chi connectivity index (χ2n) is 6.31. The number of esters is 2. The molecular weight excluding hydrogens is 308 g/mol. The molecule has 142 valence electrons. The van der Waals surface area contributed by atoms with E-state index >= 15 is 0 Å². The highest BCUT2D eigenvalue weighted by atomic mass is 16.6. The van der Waals surface area contributed by atoms with Crippen molar-refractivity contribution < 1.29 is 24.2 Å². The molecule has 0 spiro atoms. The summed E-state index contributed by atoms with van der Waals surface area (Å²) in [5.41, 5.74) is 0. The van der Waals surface area contributed by atoms with Gasteiger partial charge in [0.15, 0.2) is 6.10 Å². The first kappa shape index (κ1) is 22.9. The molecule has 24 heavy (non-hydrogen) atoms. The lowest BCUT2D eigenvalue weighted by molar-refractivity contribution is -0.161. The summed E-state index contributed by atoms with van der Waals surface area (Å²) in [4.78, 5) is 23.1. The van der Waals surface area contributed by atoms with E-state index in [-0.39, 0.29) is 25.2 Å². The maximum Gasteiger partial charge on any atom is 0.306 e. The van der Waals surface area contributed by atoms with E-state index in [1.54, 1.807) is 0 Å². The first-order valence-corrected chi connectivity index (χ1v) is 9.59. The molecule has 1 unspecified atom stereocenters. The Hall–Kier alpha value is -1.10. The van der Waals surface area contributed by atoms with Crippen LogP contribution in [0.5, 0.6) is 0 Å². The van der Waals surface area contributed by atoms with Crippen molar-refractivity contribution in [2.45, 2.75) is 97.0 Å². The maximum atomic E-state index is 11.7. The van der Waals surface area contributed by atoms with E-state index in [1.807, 2.05) is 6.92 Å². The Labute approximate surface area is 147 Å². The number of carbonyl (C=O) groups is 2. The molecule has 0 aromatic carbocycles. The van der Waals surface area contributed by atoms with Gasteiger partial charge in [0.05, 0.1) is 6.61 Å². The van der Waals surface area contributed by atoms with Crippen molar-refractivity contribution in [3.63, 3.8) is 0 Å². The van der Waals surface area contributed by atoms with Crippen LogP contribution in [0.25, 0.3) is 0 Å². The number of unbranched alkanes of at least 4 members (excludes halogenated alkanes) is 8. The number of hydrogen-bond donors (Lipinski definition) is 1. The summed E-state index contributed by atoms with van der Waals surface area (Å²) < 4.78 is 10.2. The molecule has 0 amide bonds. The van der Waals surface area contributed by atoms with Crippen LogP contribution in [0.2, 0.25) is 0 Å². The van der Waals surface area contributed by atoms with E-state index in [4.69, 9.17) is 9.47 Å². The first-order chi connectivity index (χ1) is 11.6. The molecule has 0 aliphatic rings. The predicted octanol–water partition coefficient (Wildman–Crippen LogP) is 4.15. The molecule has 0 saturated carbocycles. The standard InChI is InChI=1S/C19H36O5/c1-3-5-7-8-9-10-11-12-14-19(22)24-17(15-20)16-23-18(21)13-6-4-2/h17,20H,3-16H2,1-2H3. The zero-order chi connectivity index (χ0) is 18.0. The van der Waals surface area contributed by atoms with Crippen LogP contribution in [0.4, 0.5) is 0 Å². The topological polar surface area (TPSA) is 72.8 Å². The van der Waals surface area contributed by atoms with Crippen LogP contribution in [0.3, 0.4) is 0 Å². The van der Waals surface area contributed by atoms with Crippen molar-refractivity contribution in [2.24, 2.45) is 0 Å². The number of hydrogen-bond acceptors (Lipinski definition) is 5. The van der Waals surface area contributed by atoms with Crippen LogP contribution in [0, 0.1) is 0 Å². The van der Waals surface area contributed by atoms with Gasteiger partial charge in [-0.1, -0.05) is 65.2 Å². The minimum absolute atomic E-state index is 0.0672. The average molecular weight is 344 g/mol. The van der Waals surface area contributed by atoms with E-state index < -0.39 is 6.10 Å². The van der Waals surface area contributed by atoms with Crippen molar-refractivity contribution >= 4 is 11.9 Å². The Kier molecular flexibility index (Phi) is 16.0. The number of aliphatic hydroxyl groups excluding tert-OH is 1. The highest BCUT2D eigenvalue weighted by Gasteiger charge is 2.15. The van der Waals surface area contributed by atoms with Gasteiger partial charge in [-0.05, 0) is 12.8 Å². The quantitative estimate of drug-likeness (QED) is 0.336. The zero-order valence-electron chi connectivity index (χ0n) is 15.6. The molecule has 0 rings (SSSR count). The summed E-state index contributed by atoms with van der Waals surface area (Å²) in [5.74, 6) is -0.640. The summed E-state index contributed by atoms with van der Waals surface area (Å²) >= 11 is 0. The van der Waals surface area contributed by atoms with Gasteiger partial charge in [0.2, 0.25) is 0 Å². The molecule has 0 radical (unpaired) electrons. The number of aliphatic hydroxyl groups is 1. The van der Waals surface area contributed by atoms with Crippen LogP contribution in [0.15, 0.2) is 0 Å². The third-order valence-corrected chi connectivity index (χ3v) is 3.90. The second-order valence-corrected chi connectivity index (χ2v) is 6.31. The highest BCUT2D eigenvalue weighted by Crippen LogP contribution is 2.10. The Morgan fingerprint density at radius 2 is 1.33 bits per heavy atom. The van der Waals surface area contributed by atoms with Gasteiger partial charge in [0.1, 0.15) is 6.61 Å². The minimum Gasteiger partial charge on any atom is -0.462 e. The molecule has 5 nitrogen and oxygen atoms in total. The zero-order valence-corrected chi connectivity index (χ0v) is 15.6. The molecule has 0 aliphatic carbocycles. The fourth-order valence-corrected chi connectivity index (χ4v) is 2.35. The summed E-state index contributed by atoms with van der Waals surface area (Å²) in [7, 11) is 0. The SMILES string of the molecule is CCCCCCCCCCC(=O)OC(CO)COC(=O)CCCC. The summed E-state index contributed by atoms with van der Waals surface area (Å²) in [6.07, 6.45) is 11.0. The van der Waals surface area contributed by atoms with Crippen LogP contribution < -0.4 is 0 Å². The third kappa shape index (κ3) is 14.5. The highest BCUT2D eigenvalue weighted by molar-refractivity contribution is 5.70. The van der Waals surface area contributed by atoms with Crippen molar-refractivity contribution in [1.29, 1.82) is 0 Å². The van der Waals surface area contributed by atoms with Crippen molar-refractivity contribution in [3.8, 4) is 0 Å². The Morgan fingerprint density at radius 3 is 1.92 bits per heavy atom. The fraction of sp³-hybridized carbons (Fsp3) is 0.895. The molecular formula is C19H36O5. The summed E-state index contributed by atoms with van der Waals surface area (Å²) in [6.45, 7) is 3.81. The van der Waals surface area contributed by atoms with Gasteiger partial charge in [0.25, 0.3) is 0 Å². The van der Waals surface area contributed by atoms with E-state index in [2.05, 4.69) is 6.92 Å². The predicted molar refractivity (Wildman–Crippen MR) is 94.7 cm³/mol. The number of ether oxygens (including phenoxy) is 2. The van der Waals surface area contributed by atoms with Gasteiger partial charge in [0, 0.05) is 12.8 Å². The molecule has 0 fully saturated rings. The Morgan fingerprint density at radius 1 is 0.792 bits per heavy atom. The Balaban J connectivity index is 3.65. The maximum absolute atomic E-state index is 11.7. The molecule has 1 atom stereocenters. The molecule has 0 aliphatic heterocycles. The van der Waals surface area contributed by atoms with Crippen molar-refractivity contribution in [3.05, 3.63) is 0 Å². The van der Waals surface area contributed by atoms with E-state index in [0.29, 0.717) is 12.8 Å². The monoisotopic (exact) mass is 344 g/mol. The molecule has 0 saturated heterocycles. The molecule has 1 N–H and O–H groups in total. The molecule has 0 aromatic heterocycles. The lowest BCUT2D eigenvalue weighted by atomic mass is 10.1. The molecule has 0 heterocycles. The van der Waals surface area contributed by atoms with Crippen LogP contribution in [0.1, 0.15) is 90.9 Å². The van der Waals surface area contributed by atoms with Gasteiger partial charge < -0.3 is 14.6 Å². The van der Waals surface area contributed by atoms with Gasteiger partial charge in [-0.2, -0.15) is 0 Å². The summed E-state index contributed by atoms with van der Waals surface area (Å²) in [6, 6.07) is 0. The number of carbonyl (C=O) groups excluding carboxylic acids is 2. The molecule has 0 bridgehead atoms. The van der Waals surface area contributed by atoms with Crippen LogP contribution in [-0.4, -0.2) is 36.4 Å². The molecule has 0 aromatic rings. The third-order valence-electron chi connectivity index (χ3n) is 3.90. The van der Waals surface area contributed by atoms with Crippen molar-refractivity contribution in [2.75, 3.05) is 13.2 Å². The lowest BCUT2D eigenvalue weighted by Gasteiger charge is -2.15. The summed E-state index contributed by atoms with van der Waals surface area (Å²) in [5, 5.41) is 9.21. The number of rotatable bonds is 16. The van der Waals surface area contributed by atoms with Crippen LogP contribution >= 0.6 is 0 Å². The van der Waals surface area contributed by atoms with E-state index in [9.17, 15) is 14.7 Å². The smallest absolute Gasteiger partial charge is 0.306 e. The normalized spacial score (nSPS) is 12.0. The minimum atomic E-state index is -0.753. The fourth-order valence-electron chi connectivity index (χ4n) is 2.35. The first-order valence-electron chi connectivity index (χ1n) is 9.59. The average Bonchev–Trinajstić information content (AvgIpc) is 2.58. The van der Waals surface area contributed by atoms with Crippen LogP contribution in [-0.2, 0) is 19.1 Å². The van der Waals surface area contributed by atoms with E-state index in [0.717, 1.165) is 32.1 Å². The Bertz CT molecular complexity index is 317. The van der Waals surface area contributed by atoms with E-state index in [1.165, 1.54) is 32.1 Å². The second kappa shape index (κ2) is 16.7. The van der Waals surface area contributed by atoms with Gasteiger partial charge in [-0.15, -0.1) is 0 Å². The van der Waals surface area contributed by atoms with Gasteiger partial charge in [-0.25, -0.2) is 0 Å². The lowest BCUT2D eigenvalue weighted by Crippen LogP contribution is -2.28. The van der Waals surface area contributed by atoms with Crippen molar-refractivity contribution in [1.82, 2.24) is 0 Å². The van der Waals surface area contributed by atoms with Gasteiger partial charge >= 0.3 is 11.9 Å².